The lowest BCUT2D eigenvalue weighted by molar-refractivity contribution is -0.157. The van der Waals surface area contributed by atoms with Crippen molar-refractivity contribution in [2.75, 3.05) is 74.7 Å². The van der Waals surface area contributed by atoms with E-state index in [1.807, 2.05) is 73.6 Å². The average molecular weight is 1500 g/mol. The zero-order valence-corrected chi connectivity index (χ0v) is 68.2. The van der Waals surface area contributed by atoms with Crippen LogP contribution in [0.4, 0.5) is 0 Å². The number of aliphatic hydroxyl groups is 1. The van der Waals surface area contributed by atoms with Crippen molar-refractivity contribution in [2.45, 2.75) is 241 Å². The standard InChI is InChI=1S/C76H128N12O14S2/c1-24-54-43-60(90)67(68(94)51(14)30-26-25-27-31-61(91)77-35-36-78-62(92)33-37-103-104-63-32-28-29-34-79-63)88(23)76(102)66(50(12)13)87(22)74(100)58(41-48(8)9)86(21)73(99)57(40-47(6)7)85(20)71(97)53(16)80-69(95)52(15)42-59(89)55(38-45(2)3)84(19)75(101)65(49(10)11)81-70(96)56(39-46(4)5)83(18)64(93)44-82(17)72(54)98/h25-26,28-29,32,34,45-58,65-68,94H,24,27,30-31,33,35-44H2,1-23H3,(H,77,91)(H,78,92)(H,80,95)(H,81,96)/b26-25+/t51-,52-,53-,54-,55+,56+,57+,58+,65+,66+,67-,68-/m1/s1. The van der Waals surface area contributed by atoms with Crippen LogP contribution in [0.1, 0.15) is 181 Å². The molecule has 1 aromatic heterocycles. The molecule has 1 aromatic rings. The maximum Gasteiger partial charge on any atom is 0.246 e. The molecule has 104 heavy (non-hydrogen) atoms. The molecule has 28 heteroatoms. The molecule has 1 saturated heterocycles. The molecule has 5 N–H and O–H groups in total. The second kappa shape index (κ2) is 45.5. The molecule has 1 aliphatic rings. The molecule has 12 atom stereocenters. The SMILES string of the molecule is CC[C@@H]1CC(=O)[C@H]([C@H](O)[C@H](C)C/C=C/CCC(=O)NCCNC(=O)CCSSc2ccccn2)N(C)C(=O)[C@H](C(C)C)N(C)C(=O)[C@H](CC(C)C)N(C)C(=O)[C@H](CC(C)C)N(C)C(=O)[C@@H](C)NC(=O)[C@H](C)CC(=O)[C@H](CC(C)C)N(C)C(=O)[C@H](C(C)C)NC(=O)[C@H](CC(C)C)N(C)C(=O)CN(C)C1=O. The quantitative estimate of drug-likeness (QED) is 0.0367. The third-order valence-electron chi connectivity index (χ3n) is 19.1. The second-order valence-electron chi connectivity index (χ2n) is 30.7. The minimum absolute atomic E-state index is 0.0811. The third kappa shape index (κ3) is 29.4. The van der Waals surface area contributed by atoms with Gasteiger partial charge in [0, 0.05) is 112 Å². The maximum atomic E-state index is 15.5. The van der Waals surface area contributed by atoms with Crippen molar-refractivity contribution in [2.24, 2.45) is 53.3 Å². The van der Waals surface area contributed by atoms with Crippen LogP contribution >= 0.6 is 21.6 Å². The van der Waals surface area contributed by atoms with E-state index in [0.717, 1.165) is 14.8 Å². The number of rotatable bonds is 26. The van der Waals surface area contributed by atoms with E-state index < -0.39 is 162 Å². The molecule has 2 heterocycles. The monoisotopic (exact) mass is 1500 g/mol. The van der Waals surface area contributed by atoms with Crippen LogP contribution in [0.2, 0.25) is 0 Å². The van der Waals surface area contributed by atoms with Gasteiger partial charge in [-0.25, -0.2) is 4.98 Å². The number of carbonyl (C=O) groups is 13. The third-order valence-corrected chi connectivity index (χ3v) is 21.4. The molecule has 1 fully saturated rings. The number of amides is 11. The number of aliphatic hydroxyl groups excluding tert-OH is 1. The van der Waals surface area contributed by atoms with Crippen LogP contribution in [-0.4, -0.2) is 250 Å². The van der Waals surface area contributed by atoms with E-state index in [9.17, 15) is 48.3 Å². The van der Waals surface area contributed by atoms with Crippen LogP contribution in [0.15, 0.2) is 41.6 Å². The number of ketones is 2. The Hall–Kier alpha value is -6.94. The Bertz CT molecular complexity index is 3040. The van der Waals surface area contributed by atoms with Crippen molar-refractivity contribution in [1.82, 2.24) is 60.6 Å². The topological polar surface area (TPSA) is 326 Å². The van der Waals surface area contributed by atoms with Gasteiger partial charge in [-0.2, -0.15) is 0 Å². The summed E-state index contributed by atoms with van der Waals surface area (Å²) in [6.45, 7) is 28.2. The highest BCUT2D eigenvalue weighted by atomic mass is 33.1. The summed E-state index contributed by atoms with van der Waals surface area (Å²) in [7, 11) is 13.0. The van der Waals surface area contributed by atoms with E-state index in [2.05, 4.69) is 26.3 Å². The lowest BCUT2D eigenvalue weighted by Crippen LogP contribution is -2.61. The fourth-order valence-corrected chi connectivity index (χ4v) is 14.6. The summed E-state index contributed by atoms with van der Waals surface area (Å²) in [5.74, 6) is -11.2. The fraction of sp³-hybridized carbons (Fsp3) is 0.737. The number of Topliss-reactive ketones (excluding diaryl/α,β-unsaturated/α-hetero) is 2. The lowest BCUT2D eigenvalue weighted by Gasteiger charge is -2.41. The van der Waals surface area contributed by atoms with Gasteiger partial charge in [0.05, 0.1) is 18.7 Å². The zero-order valence-electron chi connectivity index (χ0n) is 66.6. The highest BCUT2D eigenvalue weighted by molar-refractivity contribution is 8.76. The number of hydrogen-bond donors (Lipinski definition) is 5. The Morgan fingerprint density at radius 2 is 1.08 bits per heavy atom. The number of aromatic nitrogens is 1. The van der Waals surface area contributed by atoms with E-state index in [-0.39, 0.29) is 99.9 Å². The van der Waals surface area contributed by atoms with Crippen molar-refractivity contribution >= 4 is 98.1 Å². The Kier molecular flexibility index (Phi) is 40.8. The second-order valence-corrected chi connectivity index (χ2v) is 33.1. The first-order chi connectivity index (χ1) is 48.5. The number of allylic oxidation sites excluding steroid dienone is 2. The largest absolute Gasteiger partial charge is 0.390 e. The predicted octanol–water partition coefficient (Wildman–Crippen LogP) is 6.67. The summed E-state index contributed by atoms with van der Waals surface area (Å²) in [5, 5.41) is 24.6. The summed E-state index contributed by atoms with van der Waals surface area (Å²) < 4.78 is 0. The van der Waals surface area contributed by atoms with E-state index in [4.69, 9.17) is 0 Å². The summed E-state index contributed by atoms with van der Waals surface area (Å²) in [6.07, 6.45) is 4.42. The average Bonchev–Trinajstić information content (AvgIpc) is 0.802. The van der Waals surface area contributed by atoms with Gasteiger partial charge in [-0.05, 0) is 116 Å². The summed E-state index contributed by atoms with van der Waals surface area (Å²) in [4.78, 5) is 201. The molecule has 2 rings (SSSR count). The number of likely N-dealkylation sites (N-methyl/N-ethyl adjacent to an activating group) is 7. The molecule has 26 nitrogen and oxygen atoms in total. The van der Waals surface area contributed by atoms with Gasteiger partial charge in [-0.3, -0.25) is 62.3 Å². The predicted molar refractivity (Wildman–Crippen MR) is 408 cm³/mol. The fourth-order valence-electron chi connectivity index (χ4n) is 12.7. The van der Waals surface area contributed by atoms with Gasteiger partial charge < -0.3 is 60.7 Å². The molecular weight excluding hydrogens is 1370 g/mol. The Labute approximate surface area is 628 Å². The minimum Gasteiger partial charge on any atom is -0.390 e. The maximum absolute atomic E-state index is 15.5. The van der Waals surface area contributed by atoms with Gasteiger partial charge in [-0.1, -0.05) is 133 Å². The molecule has 11 amide bonds. The number of nitrogens with zero attached hydrogens (tertiary/aromatic N) is 8. The molecule has 0 saturated carbocycles. The molecule has 0 spiro atoms. The first-order valence-electron chi connectivity index (χ1n) is 37.1. The van der Waals surface area contributed by atoms with Crippen molar-refractivity contribution in [3.05, 3.63) is 36.5 Å². The van der Waals surface area contributed by atoms with E-state index in [0.29, 0.717) is 18.6 Å². The van der Waals surface area contributed by atoms with Crippen LogP contribution in [0, 0.1) is 53.3 Å². The first-order valence-corrected chi connectivity index (χ1v) is 39.4. The van der Waals surface area contributed by atoms with Gasteiger partial charge in [0.15, 0.2) is 11.6 Å². The molecule has 588 valence electrons. The number of nitrogens with one attached hydrogen (secondary N) is 4. The summed E-state index contributed by atoms with van der Waals surface area (Å²) in [6, 6.07) is -4.22. The van der Waals surface area contributed by atoms with E-state index >= 15 is 19.2 Å². The van der Waals surface area contributed by atoms with Gasteiger partial charge in [0.25, 0.3) is 0 Å². The van der Waals surface area contributed by atoms with E-state index in [1.54, 1.807) is 59.9 Å². The van der Waals surface area contributed by atoms with Crippen LogP contribution in [0.25, 0.3) is 0 Å². The van der Waals surface area contributed by atoms with Crippen molar-refractivity contribution in [3.8, 4) is 0 Å². The normalized spacial score (nSPS) is 24.1. The number of pyridine rings is 1. The highest BCUT2D eigenvalue weighted by Gasteiger charge is 2.46. The molecule has 0 unspecified atom stereocenters. The molecule has 0 aliphatic carbocycles. The molecular formula is C76H128N12O14S2. The lowest BCUT2D eigenvalue weighted by atomic mass is 9.86. The number of carbonyl (C=O) groups excluding carboxylic acids is 13. The molecule has 0 bridgehead atoms. The molecule has 0 aromatic carbocycles. The van der Waals surface area contributed by atoms with Crippen LogP contribution in [0.3, 0.4) is 0 Å². The molecule has 0 radical (unpaired) electrons. The van der Waals surface area contributed by atoms with Gasteiger partial charge in [0.2, 0.25) is 65.0 Å². The van der Waals surface area contributed by atoms with Crippen LogP contribution in [-0.2, 0) is 62.3 Å². The first kappa shape index (κ1) is 93.1. The van der Waals surface area contributed by atoms with Crippen molar-refractivity contribution in [1.29, 1.82) is 0 Å². The van der Waals surface area contributed by atoms with Crippen LogP contribution in [0.5, 0.6) is 0 Å². The highest BCUT2D eigenvalue weighted by Crippen LogP contribution is 2.31. The molecule has 1 aliphatic heterocycles. The van der Waals surface area contributed by atoms with Gasteiger partial charge in [-0.15, -0.1) is 0 Å². The van der Waals surface area contributed by atoms with E-state index in [1.165, 1.54) is 109 Å². The summed E-state index contributed by atoms with van der Waals surface area (Å²) >= 11 is 0. The Morgan fingerprint density at radius 1 is 0.567 bits per heavy atom. The van der Waals surface area contributed by atoms with Crippen LogP contribution < -0.4 is 21.3 Å². The minimum atomic E-state index is -1.61. The summed E-state index contributed by atoms with van der Waals surface area (Å²) in [5.41, 5.74) is 0. The number of hydrogen-bond acceptors (Lipinski definition) is 17. The van der Waals surface area contributed by atoms with Crippen molar-refractivity contribution < 1.29 is 67.4 Å². The smallest absolute Gasteiger partial charge is 0.246 e. The Balaban J connectivity index is 2.78. The van der Waals surface area contributed by atoms with Gasteiger partial charge >= 0.3 is 0 Å². The van der Waals surface area contributed by atoms with Gasteiger partial charge in [0.1, 0.15) is 47.3 Å². The Morgan fingerprint density at radius 3 is 1.60 bits per heavy atom. The zero-order chi connectivity index (χ0) is 79.3. The van der Waals surface area contributed by atoms with Crippen molar-refractivity contribution in [3.63, 3.8) is 0 Å².